The monoisotopic (exact) mass is 393 g/mol. The fourth-order valence-corrected chi connectivity index (χ4v) is 3.41. The van der Waals surface area contributed by atoms with E-state index in [-0.39, 0.29) is 29.7 Å². The number of hydrogen-bond acceptors (Lipinski definition) is 7. The number of furan rings is 1. The number of benzene rings is 1. The summed E-state index contributed by atoms with van der Waals surface area (Å²) in [4.78, 5) is -0.285. The van der Waals surface area contributed by atoms with Gasteiger partial charge in [0.25, 0.3) is 0 Å². The summed E-state index contributed by atoms with van der Waals surface area (Å²) in [6.07, 6.45) is 1.53. The van der Waals surface area contributed by atoms with Crippen molar-refractivity contribution in [3.05, 3.63) is 54.5 Å². The largest absolute Gasteiger partial charge is 0.495 e. The summed E-state index contributed by atoms with van der Waals surface area (Å²) < 4.78 is 55.8. The van der Waals surface area contributed by atoms with Crippen LogP contribution < -0.4 is 14.2 Å². The Kier molecular flexibility index (Phi) is 5.67. The first-order valence-corrected chi connectivity index (χ1v) is 9.31. The zero-order valence-electron chi connectivity index (χ0n) is 14.3. The molecule has 0 bridgehead atoms. The van der Waals surface area contributed by atoms with Crippen LogP contribution in [0.3, 0.4) is 0 Å². The minimum atomic E-state index is -3.96. The molecule has 0 amide bonds. The highest BCUT2D eigenvalue weighted by Crippen LogP contribution is 2.24. The maximum atomic E-state index is 13.4. The van der Waals surface area contributed by atoms with Gasteiger partial charge in [-0.05, 0) is 36.4 Å². The van der Waals surface area contributed by atoms with E-state index < -0.39 is 15.8 Å². The average molecular weight is 393 g/mol. The molecule has 0 saturated heterocycles. The second-order valence-corrected chi connectivity index (χ2v) is 7.01. The molecule has 1 N–H and O–H groups in total. The second kappa shape index (κ2) is 8.14. The molecule has 0 aliphatic rings. The van der Waals surface area contributed by atoms with Crippen LogP contribution in [0.4, 0.5) is 4.39 Å². The Bertz CT molecular complexity index is 992. The number of methoxy groups -OCH3 is 1. The lowest BCUT2D eigenvalue weighted by Gasteiger charge is -2.11. The second-order valence-electron chi connectivity index (χ2n) is 5.28. The molecular formula is C17H16FN3O5S. The fraction of sp³-hybridized carbons (Fsp3) is 0.176. The Hall–Kier alpha value is -2.98. The fourth-order valence-electron chi connectivity index (χ4n) is 2.22. The lowest BCUT2D eigenvalue weighted by Crippen LogP contribution is -2.28. The molecule has 0 radical (unpaired) electrons. The highest BCUT2D eigenvalue weighted by molar-refractivity contribution is 7.89. The molecular weight excluding hydrogens is 377 g/mol. The molecule has 3 rings (SSSR count). The number of aromatic nitrogens is 2. The van der Waals surface area contributed by atoms with Crippen LogP contribution in [0.2, 0.25) is 0 Å². The first kappa shape index (κ1) is 18.8. The van der Waals surface area contributed by atoms with Crippen LogP contribution in [0.5, 0.6) is 11.6 Å². The molecule has 2 aromatic heterocycles. The maximum Gasteiger partial charge on any atom is 0.244 e. The van der Waals surface area contributed by atoms with E-state index in [4.69, 9.17) is 13.9 Å². The number of sulfonamides is 1. The van der Waals surface area contributed by atoms with Gasteiger partial charge in [-0.15, -0.1) is 10.2 Å². The Morgan fingerprint density at radius 3 is 2.70 bits per heavy atom. The maximum absolute atomic E-state index is 13.4. The van der Waals surface area contributed by atoms with Gasteiger partial charge >= 0.3 is 0 Å². The molecule has 0 atom stereocenters. The summed E-state index contributed by atoms with van der Waals surface area (Å²) in [5.41, 5.74) is 0.547. The Labute approximate surface area is 155 Å². The number of ether oxygens (including phenoxy) is 2. The van der Waals surface area contributed by atoms with Crippen molar-refractivity contribution >= 4 is 10.0 Å². The highest BCUT2D eigenvalue weighted by Gasteiger charge is 2.20. The van der Waals surface area contributed by atoms with Gasteiger partial charge in [0.1, 0.15) is 28.8 Å². The van der Waals surface area contributed by atoms with Crippen molar-refractivity contribution in [3.8, 4) is 23.1 Å². The Morgan fingerprint density at radius 1 is 1.19 bits per heavy atom. The van der Waals surface area contributed by atoms with Crippen molar-refractivity contribution < 1.29 is 26.7 Å². The molecule has 0 spiro atoms. The predicted octanol–water partition coefficient (Wildman–Crippen LogP) is 2.24. The van der Waals surface area contributed by atoms with Crippen molar-refractivity contribution in [3.63, 3.8) is 0 Å². The van der Waals surface area contributed by atoms with Crippen LogP contribution in [0.25, 0.3) is 11.5 Å². The van der Waals surface area contributed by atoms with Crippen LogP contribution in [-0.2, 0) is 10.0 Å². The molecule has 27 heavy (non-hydrogen) atoms. The van der Waals surface area contributed by atoms with E-state index in [0.29, 0.717) is 11.5 Å². The topological polar surface area (TPSA) is 104 Å². The first-order chi connectivity index (χ1) is 13.0. The molecule has 0 saturated carbocycles. The molecule has 142 valence electrons. The van der Waals surface area contributed by atoms with E-state index in [0.717, 1.165) is 12.1 Å². The van der Waals surface area contributed by atoms with E-state index in [1.807, 2.05) is 0 Å². The number of nitrogens with zero attached hydrogens (tertiary/aromatic N) is 2. The summed E-state index contributed by atoms with van der Waals surface area (Å²) in [6.45, 7) is -0.0464. The Morgan fingerprint density at radius 2 is 2.04 bits per heavy atom. The minimum absolute atomic E-state index is 0.00560. The summed E-state index contributed by atoms with van der Waals surface area (Å²) in [5.74, 6) is 0.169. The SMILES string of the molecule is COc1ccc(F)cc1S(=O)(=O)NCCOc1ccc(-c2ccco2)nn1. The lowest BCUT2D eigenvalue weighted by molar-refractivity contribution is 0.307. The Balaban J connectivity index is 1.56. The third-order valence-corrected chi connectivity index (χ3v) is 4.96. The van der Waals surface area contributed by atoms with Crippen LogP contribution in [0.15, 0.2) is 58.0 Å². The first-order valence-electron chi connectivity index (χ1n) is 7.83. The third kappa shape index (κ3) is 4.60. The van der Waals surface area contributed by atoms with Crippen molar-refractivity contribution in [2.75, 3.05) is 20.3 Å². The third-order valence-electron chi connectivity index (χ3n) is 3.47. The van der Waals surface area contributed by atoms with Gasteiger partial charge in [-0.1, -0.05) is 0 Å². The quantitative estimate of drug-likeness (QED) is 0.585. The van der Waals surface area contributed by atoms with Gasteiger partial charge in [0, 0.05) is 12.6 Å². The molecule has 0 fully saturated rings. The summed E-state index contributed by atoms with van der Waals surface area (Å²) in [6, 6.07) is 10.0. The van der Waals surface area contributed by atoms with Crippen LogP contribution >= 0.6 is 0 Å². The normalized spacial score (nSPS) is 11.3. The lowest BCUT2D eigenvalue weighted by atomic mass is 10.3. The van der Waals surface area contributed by atoms with E-state index in [1.165, 1.54) is 19.4 Å². The molecule has 8 nitrogen and oxygen atoms in total. The van der Waals surface area contributed by atoms with E-state index in [9.17, 15) is 12.8 Å². The van der Waals surface area contributed by atoms with Crippen LogP contribution in [-0.4, -0.2) is 38.9 Å². The minimum Gasteiger partial charge on any atom is -0.495 e. The van der Waals surface area contributed by atoms with Crippen molar-refractivity contribution in [2.24, 2.45) is 0 Å². The summed E-state index contributed by atoms with van der Waals surface area (Å²) in [5, 5.41) is 7.85. The van der Waals surface area contributed by atoms with Gasteiger partial charge in [0.05, 0.1) is 13.4 Å². The predicted molar refractivity (Wildman–Crippen MR) is 93.4 cm³/mol. The van der Waals surface area contributed by atoms with Gasteiger partial charge in [-0.3, -0.25) is 0 Å². The standard InChI is InChI=1S/C17H16FN3O5S/c1-24-15-6-4-12(18)11-16(15)27(22,23)19-8-10-26-17-7-5-13(20-21-17)14-3-2-9-25-14/h2-7,9,11,19H,8,10H2,1H3. The number of halogens is 1. The van der Waals surface area contributed by atoms with Crippen LogP contribution in [0.1, 0.15) is 0 Å². The number of rotatable bonds is 8. The highest BCUT2D eigenvalue weighted by atomic mass is 32.2. The molecule has 0 unspecified atom stereocenters. The van der Waals surface area contributed by atoms with Gasteiger partial charge in [-0.25, -0.2) is 17.5 Å². The molecule has 0 aliphatic heterocycles. The van der Waals surface area contributed by atoms with E-state index in [2.05, 4.69) is 14.9 Å². The van der Waals surface area contributed by atoms with Gasteiger partial charge in [0.15, 0.2) is 5.76 Å². The van der Waals surface area contributed by atoms with Gasteiger partial charge in [-0.2, -0.15) is 0 Å². The van der Waals surface area contributed by atoms with Crippen molar-refractivity contribution in [1.82, 2.24) is 14.9 Å². The number of hydrogen-bond donors (Lipinski definition) is 1. The molecule has 10 heteroatoms. The molecule has 0 aliphatic carbocycles. The van der Waals surface area contributed by atoms with E-state index >= 15 is 0 Å². The summed E-state index contributed by atoms with van der Waals surface area (Å²) in [7, 11) is -2.65. The summed E-state index contributed by atoms with van der Waals surface area (Å²) >= 11 is 0. The van der Waals surface area contributed by atoms with Crippen molar-refractivity contribution in [1.29, 1.82) is 0 Å². The molecule has 2 heterocycles. The van der Waals surface area contributed by atoms with Crippen molar-refractivity contribution in [2.45, 2.75) is 4.90 Å². The molecule has 3 aromatic rings. The zero-order chi connectivity index (χ0) is 19.3. The zero-order valence-corrected chi connectivity index (χ0v) is 15.1. The van der Waals surface area contributed by atoms with Gasteiger partial charge < -0.3 is 13.9 Å². The van der Waals surface area contributed by atoms with Gasteiger partial charge in [0.2, 0.25) is 15.9 Å². The number of nitrogens with one attached hydrogen (secondary N) is 1. The average Bonchev–Trinajstić information content (AvgIpc) is 3.20. The molecule has 1 aromatic carbocycles. The smallest absolute Gasteiger partial charge is 0.244 e. The van der Waals surface area contributed by atoms with Crippen LogP contribution in [0, 0.1) is 5.82 Å². The van der Waals surface area contributed by atoms with E-state index in [1.54, 1.807) is 24.3 Å².